The molecule has 1 saturated heterocycles. The van der Waals surface area contributed by atoms with Crippen LogP contribution in [0.15, 0.2) is 0 Å². The second-order valence-electron chi connectivity index (χ2n) is 4.41. The summed E-state index contributed by atoms with van der Waals surface area (Å²) in [5, 5.41) is 2.91. The summed E-state index contributed by atoms with van der Waals surface area (Å²) >= 11 is 0. The quantitative estimate of drug-likeness (QED) is 0.751. The molecule has 1 amide bonds. The average molecular weight is 219 g/mol. The summed E-state index contributed by atoms with van der Waals surface area (Å²) in [4.78, 5) is 13.5. The minimum absolute atomic E-state index is 0. The van der Waals surface area contributed by atoms with Crippen molar-refractivity contribution in [3.63, 3.8) is 0 Å². The number of carbonyl (C=O) groups is 1. The van der Waals surface area contributed by atoms with Gasteiger partial charge in [-0.25, -0.2) is 0 Å². The maximum Gasteiger partial charge on any atom is 0.236 e. The number of halogens is 1. The Kier molecular flexibility index (Phi) is 3.78. The van der Waals surface area contributed by atoms with Gasteiger partial charge >= 0.3 is 0 Å². The highest BCUT2D eigenvalue weighted by Crippen LogP contribution is 2.53. The molecule has 0 bridgehead atoms. The first-order chi connectivity index (χ1) is 6.26. The summed E-state index contributed by atoms with van der Waals surface area (Å²) in [5.41, 5.74) is 0.677. The largest absolute Gasteiger partial charge is 0.342 e. The standard InChI is InChI=1S/C10H18N2O.ClH/c1-11-8-9(13)12-6-4-10(2-3-10)5-7-12;/h11H,2-8H2,1H3;1H. The summed E-state index contributed by atoms with van der Waals surface area (Å²) in [6.45, 7) is 2.47. The van der Waals surface area contributed by atoms with Crippen LogP contribution in [0, 0.1) is 5.41 Å². The van der Waals surface area contributed by atoms with Gasteiger partial charge in [-0.15, -0.1) is 12.4 Å². The second kappa shape index (κ2) is 4.49. The topological polar surface area (TPSA) is 32.3 Å². The molecular weight excluding hydrogens is 200 g/mol. The lowest BCUT2D eigenvalue weighted by Gasteiger charge is -2.32. The van der Waals surface area contributed by atoms with Gasteiger partial charge in [0.2, 0.25) is 5.91 Å². The molecule has 1 heterocycles. The molecule has 1 aliphatic heterocycles. The Balaban J connectivity index is 0.000000980. The van der Waals surface area contributed by atoms with Crippen LogP contribution in [0.25, 0.3) is 0 Å². The molecule has 1 aliphatic carbocycles. The lowest BCUT2D eigenvalue weighted by molar-refractivity contribution is -0.131. The molecule has 0 aromatic rings. The molecular formula is C10H19ClN2O. The van der Waals surface area contributed by atoms with E-state index >= 15 is 0 Å². The zero-order chi connectivity index (χ0) is 9.31. The van der Waals surface area contributed by atoms with Gasteiger partial charge in [0.05, 0.1) is 6.54 Å². The molecule has 3 nitrogen and oxygen atoms in total. The monoisotopic (exact) mass is 218 g/mol. The van der Waals surface area contributed by atoms with Gasteiger partial charge < -0.3 is 10.2 Å². The lowest BCUT2D eigenvalue weighted by atomic mass is 9.94. The molecule has 4 heteroatoms. The van der Waals surface area contributed by atoms with E-state index in [1.165, 1.54) is 25.7 Å². The van der Waals surface area contributed by atoms with Crippen molar-refractivity contribution < 1.29 is 4.79 Å². The van der Waals surface area contributed by atoms with Crippen molar-refractivity contribution in [2.45, 2.75) is 25.7 Å². The van der Waals surface area contributed by atoms with Crippen LogP contribution < -0.4 is 5.32 Å². The maximum atomic E-state index is 11.5. The number of piperidine rings is 1. The van der Waals surface area contributed by atoms with E-state index in [1.54, 1.807) is 0 Å². The Bertz CT molecular complexity index is 206. The Morgan fingerprint density at radius 3 is 2.29 bits per heavy atom. The van der Waals surface area contributed by atoms with E-state index in [0.717, 1.165) is 13.1 Å². The smallest absolute Gasteiger partial charge is 0.236 e. The highest BCUT2D eigenvalue weighted by atomic mass is 35.5. The second-order valence-corrected chi connectivity index (χ2v) is 4.41. The first-order valence-corrected chi connectivity index (χ1v) is 5.18. The summed E-state index contributed by atoms with van der Waals surface area (Å²) < 4.78 is 0. The van der Waals surface area contributed by atoms with E-state index < -0.39 is 0 Å². The fourth-order valence-electron chi connectivity index (χ4n) is 2.17. The van der Waals surface area contributed by atoms with Crippen LogP contribution in [0.4, 0.5) is 0 Å². The van der Waals surface area contributed by atoms with Crippen LogP contribution in [0.5, 0.6) is 0 Å². The Morgan fingerprint density at radius 2 is 1.86 bits per heavy atom. The van der Waals surface area contributed by atoms with Crippen LogP contribution in [-0.2, 0) is 4.79 Å². The number of likely N-dealkylation sites (tertiary alicyclic amines) is 1. The van der Waals surface area contributed by atoms with Crippen molar-refractivity contribution in [3.05, 3.63) is 0 Å². The van der Waals surface area contributed by atoms with Crippen molar-refractivity contribution >= 4 is 18.3 Å². The molecule has 2 fully saturated rings. The third-order valence-corrected chi connectivity index (χ3v) is 3.46. The van der Waals surface area contributed by atoms with E-state index in [0.29, 0.717) is 12.0 Å². The number of carbonyl (C=O) groups excluding carboxylic acids is 1. The van der Waals surface area contributed by atoms with Gasteiger partial charge in [0.25, 0.3) is 0 Å². The van der Waals surface area contributed by atoms with Crippen LogP contribution in [0.3, 0.4) is 0 Å². The first kappa shape index (κ1) is 11.8. The Labute approximate surface area is 91.6 Å². The predicted octanol–water partition coefficient (Wildman–Crippen LogP) is 1.03. The van der Waals surface area contributed by atoms with Crippen LogP contribution in [0.2, 0.25) is 0 Å². The van der Waals surface area contributed by atoms with Gasteiger partial charge in [0.15, 0.2) is 0 Å². The van der Waals surface area contributed by atoms with Gasteiger partial charge in [-0.1, -0.05) is 0 Å². The molecule has 1 spiro atoms. The number of amides is 1. The summed E-state index contributed by atoms with van der Waals surface area (Å²) in [6.07, 6.45) is 5.28. The van der Waals surface area contributed by atoms with Crippen LogP contribution in [-0.4, -0.2) is 37.5 Å². The summed E-state index contributed by atoms with van der Waals surface area (Å²) in [7, 11) is 1.82. The highest BCUT2D eigenvalue weighted by Gasteiger charge is 2.44. The third kappa shape index (κ3) is 2.39. The van der Waals surface area contributed by atoms with Crippen molar-refractivity contribution in [1.82, 2.24) is 10.2 Å². The predicted molar refractivity (Wildman–Crippen MR) is 58.7 cm³/mol. The van der Waals surface area contributed by atoms with E-state index in [9.17, 15) is 4.79 Å². The van der Waals surface area contributed by atoms with Gasteiger partial charge in [0.1, 0.15) is 0 Å². The van der Waals surface area contributed by atoms with Crippen molar-refractivity contribution in [2.75, 3.05) is 26.7 Å². The molecule has 1 N–H and O–H groups in total. The zero-order valence-electron chi connectivity index (χ0n) is 8.71. The molecule has 14 heavy (non-hydrogen) atoms. The van der Waals surface area contributed by atoms with Crippen molar-refractivity contribution in [2.24, 2.45) is 5.41 Å². The Morgan fingerprint density at radius 1 is 1.29 bits per heavy atom. The van der Waals surface area contributed by atoms with Gasteiger partial charge in [-0.2, -0.15) is 0 Å². The van der Waals surface area contributed by atoms with E-state index in [2.05, 4.69) is 5.32 Å². The molecule has 0 aromatic heterocycles. The number of rotatable bonds is 2. The fourth-order valence-corrected chi connectivity index (χ4v) is 2.17. The normalized spacial score (nSPS) is 23.1. The van der Waals surface area contributed by atoms with Crippen molar-refractivity contribution in [1.29, 1.82) is 0 Å². The van der Waals surface area contributed by atoms with Gasteiger partial charge in [-0.05, 0) is 38.1 Å². The first-order valence-electron chi connectivity index (χ1n) is 5.18. The maximum absolute atomic E-state index is 11.5. The number of nitrogens with one attached hydrogen (secondary N) is 1. The Hall–Kier alpha value is -0.280. The molecule has 0 aromatic carbocycles. The fraction of sp³-hybridized carbons (Fsp3) is 0.900. The molecule has 1 saturated carbocycles. The molecule has 0 radical (unpaired) electrons. The summed E-state index contributed by atoms with van der Waals surface area (Å²) in [5.74, 6) is 0.262. The SMILES string of the molecule is CNCC(=O)N1CCC2(CC1)CC2.Cl. The molecule has 0 atom stereocenters. The number of likely N-dealkylation sites (N-methyl/N-ethyl adjacent to an activating group) is 1. The van der Waals surface area contributed by atoms with Crippen molar-refractivity contribution in [3.8, 4) is 0 Å². The van der Waals surface area contributed by atoms with E-state index in [-0.39, 0.29) is 18.3 Å². The lowest BCUT2D eigenvalue weighted by Crippen LogP contribution is -2.42. The number of hydrogen-bond acceptors (Lipinski definition) is 2. The molecule has 2 aliphatic rings. The van der Waals surface area contributed by atoms with E-state index in [1.807, 2.05) is 11.9 Å². The highest BCUT2D eigenvalue weighted by molar-refractivity contribution is 5.85. The molecule has 0 unspecified atom stereocenters. The van der Waals surface area contributed by atoms with Crippen LogP contribution in [0.1, 0.15) is 25.7 Å². The minimum atomic E-state index is 0. The number of hydrogen-bond donors (Lipinski definition) is 1. The zero-order valence-corrected chi connectivity index (χ0v) is 9.53. The van der Waals surface area contributed by atoms with Gasteiger partial charge in [0, 0.05) is 13.1 Å². The minimum Gasteiger partial charge on any atom is -0.342 e. The molecule has 2 rings (SSSR count). The molecule has 82 valence electrons. The number of nitrogens with zero attached hydrogens (tertiary/aromatic N) is 1. The third-order valence-electron chi connectivity index (χ3n) is 3.46. The van der Waals surface area contributed by atoms with Gasteiger partial charge in [-0.3, -0.25) is 4.79 Å². The average Bonchev–Trinajstić information content (AvgIpc) is 2.87. The summed E-state index contributed by atoms with van der Waals surface area (Å²) in [6, 6.07) is 0. The van der Waals surface area contributed by atoms with Crippen LogP contribution >= 0.6 is 12.4 Å². The van der Waals surface area contributed by atoms with E-state index in [4.69, 9.17) is 0 Å².